The molecule has 4 aromatic carbocycles. The highest BCUT2D eigenvalue weighted by atomic mass is 35.5. The summed E-state index contributed by atoms with van der Waals surface area (Å²) < 4.78 is 0. The van der Waals surface area contributed by atoms with Crippen LogP contribution in [-0.4, -0.2) is 23.3 Å². The molecule has 0 unspecified atom stereocenters. The lowest BCUT2D eigenvalue weighted by Gasteiger charge is -2.31. The molecule has 0 spiro atoms. The fraction of sp³-hybridized carbons (Fsp3) is 0.0769. The van der Waals surface area contributed by atoms with Gasteiger partial charge >= 0.3 is 0 Å². The molecule has 4 nitrogen and oxygen atoms in total. The maximum atomic E-state index is 13.7. The monoisotopic (exact) mass is 426 g/mol. The van der Waals surface area contributed by atoms with E-state index >= 15 is 0 Å². The number of carbonyl (C=O) groups is 2. The fourth-order valence-corrected chi connectivity index (χ4v) is 4.33. The predicted octanol–water partition coefficient (Wildman–Crippen LogP) is 5.68. The van der Waals surface area contributed by atoms with E-state index in [1.807, 2.05) is 78.9 Å². The van der Waals surface area contributed by atoms with Gasteiger partial charge in [-0.15, -0.1) is 0 Å². The molecule has 0 aromatic heterocycles. The minimum absolute atomic E-state index is 0.0580. The van der Waals surface area contributed by atoms with Crippen molar-refractivity contribution in [1.29, 1.82) is 0 Å². The third kappa shape index (κ3) is 3.66. The molecule has 31 heavy (non-hydrogen) atoms. The molecule has 0 aliphatic carbocycles. The maximum absolute atomic E-state index is 13.7. The largest absolute Gasteiger partial charge is 0.324 e. The minimum atomic E-state index is -0.451. The molecule has 1 aliphatic rings. The molecule has 1 atom stereocenters. The van der Waals surface area contributed by atoms with Crippen molar-refractivity contribution in [2.45, 2.75) is 6.04 Å². The summed E-state index contributed by atoms with van der Waals surface area (Å²) in [6.45, 7) is -0.0580. The Labute approximate surface area is 185 Å². The Hall–Kier alpha value is -3.63. The van der Waals surface area contributed by atoms with Crippen LogP contribution in [0.2, 0.25) is 5.02 Å². The molecule has 1 N–H and O–H groups in total. The van der Waals surface area contributed by atoms with E-state index in [-0.39, 0.29) is 18.4 Å². The van der Waals surface area contributed by atoms with Crippen molar-refractivity contribution in [1.82, 2.24) is 4.90 Å². The first kappa shape index (κ1) is 19.3. The summed E-state index contributed by atoms with van der Waals surface area (Å²) in [4.78, 5) is 28.1. The summed E-state index contributed by atoms with van der Waals surface area (Å²) in [6, 6.07) is 28.1. The number of amides is 2. The molecule has 0 fully saturated rings. The van der Waals surface area contributed by atoms with Gasteiger partial charge in [0.1, 0.15) is 6.54 Å². The molecular formula is C26H19ClN2O2. The first-order valence-electron chi connectivity index (χ1n) is 10.0. The summed E-state index contributed by atoms with van der Waals surface area (Å²) in [6.07, 6.45) is 0. The van der Waals surface area contributed by atoms with E-state index in [4.69, 9.17) is 11.6 Å². The average molecular weight is 427 g/mol. The maximum Gasteiger partial charge on any atom is 0.255 e. The summed E-state index contributed by atoms with van der Waals surface area (Å²) in [5.41, 5.74) is 2.91. The molecule has 152 valence electrons. The number of carbonyl (C=O) groups excluding carboxylic acids is 2. The molecule has 0 saturated carbocycles. The predicted molar refractivity (Wildman–Crippen MR) is 123 cm³/mol. The van der Waals surface area contributed by atoms with Crippen LogP contribution >= 0.6 is 11.6 Å². The lowest BCUT2D eigenvalue weighted by atomic mass is 9.95. The van der Waals surface area contributed by atoms with Gasteiger partial charge < -0.3 is 10.2 Å². The number of benzene rings is 4. The fourth-order valence-electron chi connectivity index (χ4n) is 4.15. The Bertz CT molecular complexity index is 1300. The van der Waals surface area contributed by atoms with Crippen LogP contribution in [-0.2, 0) is 4.79 Å². The van der Waals surface area contributed by atoms with E-state index in [2.05, 4.69) is 5.32 Å². The van der Waals surface area contributed by atoms with Crippen LogP contribution in [0, 0.1) is 0 Å². The van der Waals surface area contributed by atoms with Crippen molar-refractivity contribution in [3.63, 3.8) is 0 Å². The molecule has 5 rings (SSSR count). The first-order chi connectivity index (χ1) is 15.1. The zero-order valence-corrected chi connectivity index (χ0v) is 17.3. The van der Waals surface area contributed by atoms with Crippen molar-refractivity contribution < 1.29 is 9.59 Å². The van der Waals surface area contributed by atoms with Gasteiger partial charge in [-0.05, 0) is 46.7 Å². The van der Waals surface area contributed by atoms with Gasteiger partial charge in [0, 0.05) is 21.8 Å². The Morgan fingerprint density at radius 1 is 0.871 bits per heavy atom. The molecule has 1 heterocycles. The molecule has 1 aliphatic heterocycles. The van der Waals surface area contributed by atoms with E-state index in [0.29, 0.717) is 16.3 Å². The second-order valence-corrected chi connectivity index (χ2v) is 8.02. The molecule has 5 heteroatoms. The second-order valence-electron chi connectivity index (χ2n) is 7.59. The number of fused-ring (bicyclic) bond motifs is 2. The van der Waals surface area contributed by atoms with Crippen LogP contribution in [0.1, 0.15) is 27.5 Å². The van der Waals surface area contributed by atoms with Crippen molar-refractivity contribution in [2.75, 3.05) is 11.9 Å². The van der Waals surface area contributed by atoms with Gasteiger partial charge in [0.05, 0.1) is 6.04 Å². The third-order valence-electron chi connectivity index (χ3n) is 5.58. The minimum Gasteiger partial charge on any atom is -0.324 e. The molecule has 0 radical (unpaired) electrons. The molecular weight excluding hydrogens is 408 g/mol. The normalized spacial score (nSPS) is 15.8. The summed E-state index contributed by atoms with van der Waals surface area (Å²) in [7, 11) is 0. The van der Waals surface area contributed by atoms with Crippen LogP contribution in [0.15, 0.2) is 91.0 Å². The van der Waals surface area contributed by atoms with Gasteiger partial charge in [-0.2, -0.15) is 0 Å². The first-order valence-corrected chi connectivity index (χ1v) is 10.4. The Morgan fingerprint density at radius 2 is 1.61 bits per heavy atom. The van der Waals surface area contributed by atoms with E-state index in [9.17, 15) is 9.59 Å². The number of rotatable bonds is 2. The number of anilines is 1. The van der Waals surface area contributed by atoms with Crippen LogP contribution < -0.4 is 5.32 Å². The zero-order chi connectivity index (χ0) is 21.4. The highest BCUT2D eigenvalue weighted by Gasteiger charge is 2.34. The van der Waals surface area contributed by atoms with Crippen molar-refractivity contribution >= 4 is 39.9 Å². The van der Waals surface area contributed by atoms with E-state index in [0.717, 1.165) is 21.9 Å². The molecule has 0 saturated heterocycles. The van der Waals surface area contributed by atoms with Crippen molar-refractivity contribution in [3.05, 3.63) is 113 Å². The average Bonchev–Trinajstić information content (AvgIpc) is 2.94. The van der Waals surface area contributed by atoms with Crippen LogP contribution in [0.4, 0.5) is 5.69 Å². The van der Waals surface area contributed by atoms with Crippen molar-refractivity contribution in [3.8, 4) is 0 Å². The number of halogens is 1. The Kier molecular flexibility index (Phi) is 4.92. The number of nitrogens with zero attached hydrogens (tertiary/aromatic N) is 1. The van der Waals surface area contributed by atoms with Gasteiger partial charge in [0.15, 0.2) is 0 Å². The van der Waals surface area contributed by atoms with Crippen LogP contribution in [0.5, 0.6) is 0 Å². The number of hydrogen-bond donors (Lipinski definition) is 1. The van der Waals surface area contributed by atoms with Gasteiger partial charge in [-0.3, -0.25) is 9.59 Å². The lowest BCUT2D eigenvalue weighted by Crippen LogP contribution is -2.39. The SMILES string of the molecule is O=C1CN(C(=O)c2ccc3ccccc3c2)[C@@H](c2ccccc2)c2cc(Cl)ccc2N1. The van der Waals surface area contributed by atoms with E-state index in [1.54, 1.807) is 17.0 Å². The van der Waals surface area contributed by atoms with Gasteiger partial charge in [0.2, 0.25) is 5.91 Å². The number of hydrogen-bond acceptors (Lipinski definition) is 2. The smallest absolute Gasteiger partial charge is 0.255 e. The summed E-state index contributed by atoms with van der Waals surface area (Å²) >= 11 is 6.31. The lowest BCUT2D eigenvalue weighted by molar-refractivity contribution is -0.117. The van der Waals surface area contributed by atoms with Crippen LogP contribution in [0.25, 0.3) is 10.8 Å². The second kappa shape index (κ2) is 7.89. The van der Waals surface area contributed by atoms with Gasteiger partial charge in [-0.1, -0.05) is 72.3 Å². The summed E-state index contributed by atoms with van der Waals surface area (Å²) in [5.74, 6) is -0.446. The third-order valence-corrected chi connectivity index (χ3v) is 5.82. The van der Waals surface area contributed by atoms with Crippen molar-refractivity contribution in [2.24, 2.45) is 0 Å². The van der Waals surface area contributed by atoms with Gasteiger partial charge in [0.25, 0.3) is 5.91 Å². The standard InChI is InChI=1S/C26H19ClN2O2/c27-21-12-13-23-22(15-21)25(18-7-2-1-3-8-18)29(16-24(30)28-23)26(31)20-11-10-17-6-4-5-9-19(17)14-20/h1-15,25H,16H2,(H,28,30)/t25-/m0/s1. The topological polar surface area (TPSA) is 49.4 Å². The quantitative estimate of drug-likeness (QED) is 0.448. The Balaban J connectivity index is 1.66. The van der Waals surface area contributed by atoms with E-state index < -0.39 is 6.04 Å². The van der Waals surface area contributed by atoms with E-state index in [1.165, 1.54) is 0 Å². The molecule has 0 bridgehead atoms. The highest BCUT2D eigenvalue weighted by Crippen LogP contribution is 2.38. The number of nitrogens with one attached hydrogen (secondary N) is 1. The molecule has 2 amide bonds. The highest BCUT2D eigenvalue weighted by molar-refractivity contribution is 6.30. The molecule has 4 aromatic rings. The Morgan fingerprint density at radius 3 is 2.42 bits per heavy atom. The summed E-state index contributed by atoms with van der Waals surface area (Å²) in [5, 5.41) is 5.51. The van der Waals surface area contributed by atoms with Crippen LogP contribution in [0.3, 0.4) is 0 Å². The zero-order valence-electron chi connectivity index (χ0n) is 16.6. The van der Waals surface area contributed by atoms with Gasteiger partial charge in [-0.25, -0.2) is 0 Å².